The van der Waals surface area contributed by atoms with Crippen LogP contribution in [-0.4, -0.2) is 34.5 Å². The molecule has 4 N–H and O–H groups in total. The number of hydrogen-bond acceptors (Lipinski definition) is 5. The highest BCUT2D eigenvalue weighted by Gasteiger charge is 2.19. The Balaban J connectivity index is 1.76. The highest BCUT2D eigenvalue weighted by molar-refractivity contribution is 5.67. The Bertz CT molecular complexity index is 726. The van der Waals surface area contributed by atoms with Gasteiger partial charge in [-0.1, -0.05) is 54.6 Å². The molecular weight excluding hydrogens is 356 g/mol. The van der Waals surface area contributed by atoms with Crippen molar-refractivity contribution in [3.05, 3.63) is 71.3 Å². The summed E-state index contributed by atoms with van der Waals surface area (Å²) >= 11 is 0. The number of nitrogens with one attached hydrogen (secondary N) is 2. The van der Waals surface area contributed by atoms with Gasteiger partial charge in [-0.05, 0) is 37.5 Å². The fourth-order valence-electron chi connectivity index (χ4n) is 2.50. The molecule has 2 aromatic carbocycles. The van der Waals surface area contributed by atoms with Gasteiger partial charge in [-0.25, -0.2) is 4.79 Å². The molecule has 0 spiro atoms. The normalized spacial score (nSPS) is 13.6. The fraction of sp³-hybridized carbons (Fsp3) is 0.409. The molecule has 2 atom stereocenters. The van der Waals surface area contributed by atoms with Crippen LogP contribution in [-0.2, 0) is 17.9 Å². The summed E-state index contributed by atoms with van der Waals surface area (Å²) in [5.74, 6) is 0. The molecule has 0 aromatic heterocycles. The van der Waals surface area contributed by atoms with Gasteiger partial charge in [-0.15, -0.1) is 0 Å². The van der Waals surface area contributed by atoms with Crippen LogP contribution in [0.25, 0.3) is 0 Å². The first-order chi connectivity index (χ1) is 13.2. The number of amides is 1. The minimum atomic E-state index is -1.14. The van der Waals surface area contributed by atoms with Crippen molar-refractivity contribution in [2.75, 3.05) is 6.54 Å². The Morgan fingerprint density at radius 3 is 2.25 bits per heavy atom. The smallest absolute Gasteiger partial charge is 0.407 e. The highest BCUT2D eigenvalue weighted by Crippen LogP contribution is 2.18. The number of carbonyl (C=O) groups is 1. The van der Waals surface area contributed by atoms with Crippen LogP contribution in [0, 0.1) is 0 Å². The lowest BCUT2D eigenvalue weighted by atomic mass is 10.0. The molecule has 0 aliphatic carbocycles. The van der Waals surface area contributed by atoms with Crippen molar-refractivity contribution < 1.29 is 19.7 Å². The van der Waals surface area contributed by atoms with Gasteiger partial charge in [0, 0.05) is 18.6 Å². The molecule has 2 aromatic rings. The van der Waals surface area contributed by atoms with Gasteiger partial charge in [0.15, 0.2) is 0 Å². The van der Waals surface area contributed by atoms with E-state index in [0.717, 1.165) is 17.7 Å². The SMILES string of the molecule is CC(C)(C)NCc1ccc(C(O)C(O)CNC(=O)OCc2ccccc2)cc1. The maximum absolute atomic E-state index is 11.7. The summed E-state index contributed by atoms with van der Waals surface area (Å²) in [5, 5.41) is 26.3. The molecule has 0 aliphatic rings. The summed E-state index contributed by atoms with van der Waals surface area (Å²) in [5.41, 5.74) is 2.57. The molecular formula is C22H30N2O4. The quantitative estimate of drug-likeness (QED) is 0.560. The Hall–Kier alpha value is -2.41. The fourth-order valence-corrected chi connectivity index (χ4v) is 2.50. The second kappa shape index (κ2) is 10.2. The van der Waals surface area contributed by atoms with E-state index in [1.54, 1.807) is 12.1 Å². The van der Waals surface area contributed by atoms with Crippen LogP contribution in [0.4, 0.5) is 4.79 Å². The van der Waals surface area contributed by atoms with Crippen LogP contribution in [0.2, 0.25) is 0 Å². The molecule has 0 aliphatic heterocycles. The first-order valence-corrected chi connectivity index (χ1v) is 9.39. The molecule has 0 fully saturated rings. The summed E-state index contributed by atoms with van der Waals surface area (Å²) in [7, 11) is 0. The van der Waals surface area contributed by atoms with E-state index in [1.807, 2.05) is 42.5 Å². The zero-order valence-corrected chi connectivity index (χ0v) is 16.7. The van der Waals surface area contributed by atoms with Gasteiger partial charge >= 0.3 is 6.09 Å². The average Bonchev–Trinajstić information content (AvgIpc) is 2.69. The first kappa shape index (κ1) is 21.9. The number of aliphatic hydroxyl groups is 2. The molecule has 0 bridgehead atoms. The summed E-state index contributed by atoms with van der Waals surface area (Å²) in [6.07, 6.45) is -2.87. The van der Waals surface area contributed by atoms with E-state index >= 15 is 0 Å². The molecule has 0 heterocycles. The number of benzene rings is 2. The minimum Gasteiger partial charge on any atom is -0.445 e. The molecule has 0 saturated heterocycles. The average molecular weight is 386 g/mol. The molecule has 2 rings (SSSR count). The van der Waals surface area contributed by atoms with Crippen molar-refractivity contribution in [1.29, 1.82) is 0 Å². The predicted octanol–water partition coefficient (Wildman–Crippen LogP) is 2.90. The van der Waals surface area contributed by atoms with E-state index < -0.39 is 18.3 Å². The van der Waals surface area contributed by atoms with Crippen LogP contribution in [0.15, 0.2) is 54.6 Å². The molecule has 1 amide bonds. The highest BCUT2D eigenvalue weighted by atomic mass is 16.5. The van der Waals surface area contributed by atoms with Gasteiger partial charge in [0.1, 0.15) is 18.8 Å². The molecule has 6 heteroatoms. The maximum Gasteiger partial charge on any atom is 0.407 e. The Morgan fingerprint density at radius 1 is 1.00 bits per heavy atom. The van der Waals surface area contributed by atoms with Gasteiger partial charge in [0.05, 0.1) is 0 Å². The largest absolute Gasteiger partial charge is 0.445 e. The Kier molecular flexibility index (Phi) is 7.99. The van der Waals surface area contributed by atoms with Crippen molar-refractivity contribution in [2.24, 2.45) is 0 Å². The monoisotopic (exact) mass is 386 g/mol. The minimum absolute atomic E-state index is 0.0230. The number of alkyl carbamates (subject to hydrolysis) is 1. The van der Waals surface area contributed by atoms with Crippen LogP contribution in [0.5, 0.6) is 0 Å². The number of carbonyl (C=O) groups excluding carboxylic acids is 1. The van der Waals surface area contributed by atoms with E-state index in [1.165, 1.54) is 0 Å². The predicted molar refractivity (Wildman–Crippen MR) is 109 cm³/mol. The van der Waals surface area contributed by atoms with E-state index in [-0.39, 0.29) is 18.7 Å². The van der Waals surface area contributed by atoms with Crippen molar-refractivity contribution in [2.45, 2.75) is 51.7 Å². The summed E-state index contributed by atoms with van der Waals surface area (Å²) in [6.45, 7) is 7.05. The van der Waals surface area contributed by atoms with Gasteiger partial charge in [-0.2, -0.15) is 0 Å². The Labute approximate surface area is 166 Å². The van der Waals surface area contributed by atoms with E-state index in [0.29, 0.717) is 5.56 Å². The molecule has 0 saturated carbocycles. The van der Waals surface area contributed by atoms with E-state index in [9.17, 15) is 15.0 Å². The number of hydrogen-bond donors (Lipinski definition) is 4. The summed E-state index contributed by atoms with van der Waals surface area (Å²) in [4.78, 5) is 11.7. The third-order valence-corrected chi connectivity index (χ3v) is 4.18. The lowest BCUT2D eigenvalue weighted by Crippen LogP contribution is -2.36. The molecule has 6 nitrogen and oxygen atoms in total. The lowest BCUT2D eigenvalue weighted by molar-refractivity contribution is 0.0184. The topological polar surface area (TPSA) is 90.8 Å². The lowest BCUT2D eigenvalue weighted by Gasteiger charge is -2.21. The van der Waals surface area contributed by atoms with E-state index in [2.05, 4.69) is 31.4 Å². The summed E-state index contributed by atoms with van der Waals surface area (Å²) in [6, 6.07) is 16.7. The van der Waals surface area contributed by atoms with Crippen molar-refractivity contribution in [3.8, 4) is 0 Å². The zero-order chi connectivity index (χ0) is 20.6. The molecule has 28 heavy (non-hydrogen) atoms. The second-order valence-corrected chi connectivity index (χ2v) is 7.80. The van der Waals surface area contributed by atoms with Crippen molar-refractivity contribution in [1.82, 2.24) is 10.6 Å². The molecule has 0 radical (unpaired) electrons. The van der Waals surface area contributed by atoms with Gasteiger partial charge < -0.3 is 25.6 Å². The number of rotatable bonds is 8. The molecule has 152 valence electrons. The number of aliphatic hydroxyl groups excluding tert-OH is 2. The van der Waals surface area contributed by atoms with Crippen molar-refractivity contribution in [3.63, 3.8) is 0 Å². The Morgan fingerprint density at radius 2 is 1.64 bits per heavy atom. The van der Waals surface area contributed by atoms with Gasteiger partial charge in [0.25, 0.3) is 0 Å². The van der Waals surface area contributed by atoms with Crippen LogP contribution < -0.4 is 10.6 Å². The molecule has 2 unspecified atom stereocenters. The zero-order valence-electron chi connectivity index (χ0n) is 16.7. The maximum atomic E-state index is 11.7. The third kappa shape index (κ3) is 7.68. The van der Waals surface area contributed by atoms with Gasteiger partial charge in [-0.3, -0.25) is 0 Å². The van der Waals surface area contributed by atoms with Crippen LogP contribution in [0.1, 0.15) is 43.6 Å². The standard InChI is InChI=1S/C22H30N2O4/c1-22(2,3)24-13-16-9-11-18(12-10-16)20(26)19(25)14-23-21(27)28-15-17-7-5-4-6-8-17/h4-12,19-20,24-26H,13-15H2,1-3H3,(H,23,27). The van der Waals surface area contributed by atoms with E-state index in [4.69, 9.17) is 4.74 Å². The first-order valence-electron chi connectivity index (χ1n) is 9.39. The van der Waals surface area contributed by atoms with Gasteiger partial charge in [0.2, 0.25) is 0 Å². The van der Waals surface area contributed by atoms with Crippen LogP contribution in [0.3, 0.4) is 0 Å². The second-order valence-electron chi connectivity index (χ2n) is 7.80. The summed E-state index contributed by atoms with van der Waals surface area (Å²) < 4.78 is 5.08. The van der Waals surface area contributed by atoms with Crippen LogP contribution >= 0.6 is 0 Å². The third-order valence-electron chi connectivity index (χ3n) is 4.18. The number of ether oxygens (including phenoxy) is 1. The van der Waals surface area contributed by atoms with Crippen molar-refractivity contribution >= 4 is 6.09 Å².